The molecule has 2 aromatic carbocycles. The van der Waals surface area contributed by atoms with Gasteiger partial charge in [0.2, 0.25) is 0 Å². The van der Waals surface area contributed by atoms with E-state index in [0.717, 1.165) is 6.07 Å². The molecule has 0 heterocycles. The van der Waals surface area contributed by atoms with Crippen molar-refractivity contribution in [3.05, 3.63) is 53.8 Å². The molecule has 0 aliphatic rings. The molecule has 0 amide bonds. The number of hydrogen-bond donors (Lipinski definition) is 1. The van der Waals surface area contributed by atoms with Gasteiger partial charge in [0.05, 0.1) is 11.4 Å². The molecule has 5 heteroatoms. The normalized spacial score (nSPS) is 10.5. The SMILES string of the molecule is CCN(c1ccccc1F)c1c(N)ccc(F)c1F. The molecule has 2 N–H and O–H groups in total. The van der Waals surface area contributed by atoms with Crippen LogP contribution in [0.25, 0.3) is 0 Å². The zero-order valence-electron chi connectivity index (χ0n) is 10.3. The molecule has 0 aromatic heterocycles. The summed E-state index contributed by atoms with van der Waals surface area (Å²) in [5.41, 5.74) is 5.75. The number of hydrogen-bond acceptors (Lipinski definition) is 2. The third kappa shape index (κ3) is 2.36. The molecule has 0 fully saturated rings. The summed E-state index contributed by atoms with van der Waals surface area (Å²) >= 11 is 0. The van der Waals surface area contributed by atoms with Crippen LogP contribution in [0.4, 0.5) is 30.2 Å². The van der Waals surface area contributed by atoms with Crippen molar-refractivity contribution < 1.29 is 13.2 Å². The summed E-state index contributed by atoms with van der Waals surface area (Å²) in [6.45, 7) is 1.96. The van der Waals surface area contributed by atoms with Crippen molar-refractivity contribution in [2.45, 2.75) is 6.92 Å². The molecular weight excluding hydrogens is 253 g/mol. The maximum Gasteiger partial charge on any atom is 0.184 e. The molecule has 0 radical (unpaired) electrons. The second kappa shape index (κ2) is 5.22. The number of halogens is 3. The summed E-state index contributed by atoms with van der Waals surface area (Å²) in [7, 11) is 0. The Bertz CT molecular complexity index is 599. The Morgan fingerprint density at radius 2 is 1.68 bits per heavy atom. The average molecular weight is 266 g/mol. The lowest BCUT2D eigenvalue weighted by atomic mass is 10.2. The predicted octanol–water partition coefficient (Wildman–Crippen LogP) is 3.84. The highest BCUT2D eigenvalue weighted by molar-refractivity contribution is 5.75. The van der Waals surface area contributed by atoms with Crippen LogP contribution in [0.5, 0.6) is 0 Å². The molecular formula is C14H13F3N2. The second-order valence-corrected chi connectivity index (χ2v) is 3.99. The van der Waals surface area contributed by atoms with Gasteiger partial charge in [-0.3, -0.25) is 0 Å². The third-order valence-corrected chi connectivity index (χ3v) is 2.83. The van der Waals surface area contributed by atoms with Crippen molar-refractivity contribution in [3.8, 4) is 0 Å². The number of para-hydroxylation sites is 1. The minimum Gasteiger partial charge on any atom is -0.397 e. The van der Waals surface area contributed by atoms with Gasteiger partial charge in [0.1, 0.15) is 11.5 Å². The van der Waals surface area contributed by atoms with Gasteiger partial charge in [0.15, 0.2) is 11.6 Å². The van der Waals surface area contributed by atoms with E-state index in [1.54, 1.807) is 13.0 Å². The van der Waals surface area contributed by atoms with Crippen molar-refractivity contribution in [3.63, 3.8) is 0 Å². The Morgan fingerprint density at radius 3 is 2.32 bits per heavy atom. The molecule has 0 aliphatic carbocycles. The first-order valence-corrected chi connectivity index (χ1v) is 5.81. The number of nitrogens with two attached hydrogens (primary N) is 1. The van der Waals surface area contributed by atoms with E-state index in [9.17, 15) is 13.2 Å². The van der Waals surface area contributed by atoms with Gasteiger partial charge in [-0.1, -0.05) is 12.1 Å². The van der Waals surface area contributed by atoms with Crippen LogP contribution in [0.15, 0.2) is 36.4 Å². The largest absolute Gasteiger partial charge is 0.397 e. The minimum atomic E-state index is -1.08. The topological polar surface area (TPSA) is 29.3 Å². The van der Waals surface area contributed by atoms with Gasteiger partial charge in [-0.2, -0.15) is 0 Å². The molecule has 19 heavy (non-hydrogen) atoms. The monoisotopic (exact) mass is 266 g/mol. The van der Waals surface area contributed by atoms with E-state index < -0.39 is 17.5 Å². The Balaban J connectivity index is 2.61. The van der Waals surface area contributed by atoms with Crippen molar-refractivity contribution in [2.75, 3.05) is 17.2 Å². The molecule has 0 saturated heterocycles. The summed E-state index contributed by atoms with van der Waals surface area (Å²) in [4.78, 5) is 1.31. The number of nitrogen functional groups attached to an aromatic ring is 1. The van der Waals surface area contributed by atoms with E-state index in [2.05, 4.69) is 0 Å². The summed E-state index contributed by atoms with van der Waals surface area (Å²) in [6, 6.07) is 8.10. The van der Waals surface area contributed by atoms with Gasteiger partial charge in [-0.25, -0.2) is 13.2 Å². The second-order valence-electron chi connectivity index (χ2n) is 3.99. The summed E-state index contributed by atoms with van der Waals surface area (Å²) in [5.74, 6) is -2.61. The fourth-order valence-corrected chi connectivity index (χ4v) is 1.95. The van der Waals surface area contributed by atoms with Gasteiger partial charge >= 0.3 is 0 Å². The van der Waals surface area contributed by atoms with Crippen LogP contribution in [0.1, 0.15) is 6.92 Å². The van der Waals surface area contributed by atoms with E-state index in [1.807, 2.05) is 0 Å². The van der Waals surface area contributed by atoms with E-state index in [-0.39, 0.29) is 23.6 Å². The van der Waals surface area contributed by atoms with E-state index >= 15 is 0 Å². The van der Waals surface area contributed by atoms with Crippen LogP contribution < -0.4 is 10.6 Å². The number of nitrogens with zero attached hydrogens (tertiary/aromatic N) is 1. The molecule has 0 saturated carbocycles. The van der Waals surface area contributed by atoms with Crippen LogP contribution in [0, 0.1) is 17.5 Å². The summed E-state index contributed by atoms with van der Waals surface area (Å²) in [5, 5.41) is 0. The van der Waals surface area contributed by atoms with Crippen LogP contribution in [0.3, 0.4) is 0 Å². The van der Waals surface area contributed by atoms with Crippen LogP contribution >= 0.6 is 0 Å². The highest BCUT2D eigenvalue weighted by atomic mass is 19.2. The zero-order chi connectivity index (χ0) is 14.0. The predicted molar refractivity (Wildman–Crippen MR) is 69.9 cm³/mol. The average Bonchev–Trinajstić information content (AvgIpc) is 2.40. The molecule has 0 atom stereocenters. The lowest BCUT2D eigenvalue weighted by molar-refractivity contribution is 0.509. The van der Waals surface area contributed by atoms with Crippen molar-refractivity contribution in [1.82, 2.24) is 0 Å². The lowest BCUT2D eigenvalue weighted by Crippen LogP contribution is -2.20. The van der Waals surface area contributed by atoms with Gasteiger partial charge < -0.3 is 10.6 Å². The van der Waals surface area contributed by atoms with Crippen molar-refractivity contribution >= 4 is 17.1 Å². The number of benzene rings is 2. The van der Waals surface area contributed by atoms with E-state index in [1.165, 1.54) is 29.2 Å². The standard InChI is InChI=1S/C14H13F3N2/c1-2-19(12-6-4-3-5-9(12)15)14-11(18)8-7-10(16)13(14)17/h3-8H,2,18H2,1H3. The fraction of sp³-hybridized carbons (Fsp3) is 0.143. The Kier molecular flexibility index (Phi) is 3.64. The molecule has 0 unspecified atom stereocenters. The minimum absolute atomic E-state index is 0.0593. The van der Waals surface area contributed by atoms with Gasteiger partial charge in [-0.05, 0) is 31.2 Å². The molecule has 2 nitrogen and oxygen atoms in total. The van der Waals surface area contributed by atoms with Gasteiger partial charge in [0.25, 0.3) is 0 Å². The fourth-order valence-electron chi connectivity index (χ4n) is 1.95. The summed E-state index contributed by atoms with van der Waals surface area (Å²) < 4.78 is 41.0. The smallest absolute Gasteiger partial charge is 0.184 e. The van der Waals surface area contributed by atoms with Crippen molar-refractivity contribution in [1.29, 1.82) is 0 Å². The first-order chi connectivity index (χ1) is 9.06. The quantitative estimate of drug-likeness (QED) is 0.855. The van der Waals surface area contributed by atoms with Crippen molar-refractivity contribution in [2.24, 2.45) is 0 Å². The Morgan fingerprint density at radius 1 is 1.00 bits per heavy atom. The van der Waals surface area contributed by atoms with Gasteiger partial charge in [0, 0.05) is 6.54 Å². The van der Waals surface area contributed by atoms with E-state index in [0.29, 0.717) is 0 Å². The molecule has 0 bridgehead atoms. The van der Waals surface area contributed by atoms with Crippen LogP contribution in [0.2, 0.25) is 0 Å². The Hall–Kier alpha value is -2.17. The summed E-state index contributed by atoms with van der Waals surface area (Å²) in [6.07, 6.45) is 0. The molecule has 0 spiro atoms. The molecule has 2 rings (SSSR count). The lowest BCUT2D eigenvalue weighted by Gasteiger charge is -2.25. The third-order valence-electron chi connectivity index (χ3n) is 2.83. The zero-order valence-corrected chi connectivity index (χ0v) is 10.3. The number of rotatable bonds is 3. The van der Waals surface area contributed by atoms with E-state index in [4.69, 9.17) is 5.73 Å². The first kappa shape index (κ1) is 13.3. The van der Waals surface area contributed by atoms with Crippen LogP contribution in [-0.4, -0.2) is 6.54 Å². The maximum absolute atomic E-state index is 13.9. The maximum atomic E-state index is 13.9. The highest BCUT2D eigenvalue weighted by Gasteiger charge is 2.20. The Labute approximate surface area is 109 Å². The van der Waals surface area contributed by atoms with Gasteiger partial charge in [-0.15, -0.1) is 0 Å². The molecule has 2 aromatic rings. The van der Waals surface area contributed by atoms with Crippen LogP contribution in [-0.2, 0) is 0 Å². The number of anilines is 3. The highest BCUT2D eigenvalue weighted by Crippen LogP contribution is 2.35. The first-order valence-electron chi connectivity index (χ1n) is 5.81. The molecule has 0 aliphatic heterocycles. The molecule has 100 valence electrons.